The third-order valence-corrected chi connectivity index (χ3v) is 3.11. The van der Waals surface area contributed by atoms with E-state index < -0.39 is 6.09 Å². The number of amides is 1. The molecule has 1 aromatic heterocycles. The van der Waals surface area contributed by atoms with E-state index in [2.05, 4.69) is 20.4 Å². The van der Waals surface area contributed by atoms with Crippen molar-refractivity contribution in [2.75, 3.05) is 6.61 Å². The molecule has 0 atom stereocenters. The summed E-state index contributed by atoms with van der Waals surface area (Å²) < 4.78 is 19.1. The molecule has 1 amide bonds. The minimum atomic E-state index is -0.654. The normalized spacial score (nSPS) is 10.9. The molecule has 2 rings (SSSR count). The second-order valence-electron chi connectivity index (χ2n) is 4.27. The number of hydrazone groups is 1. The van der Waals surface area contributed by atoms with Gasteiger partial charge in [0.25, 0.3) is 0 Å². The number of benzene rings is 1. The van der Waals surface area contributed by atoms with Gasteiger partial charge >= 0.3 is 6.09 Å². The highest BCUT2D eigenvalue weighted by Gasteiger charge is 2.13. The van der Waals surface area contributed by atoms with E-state index in [1.54, 1.807) is 26.0 Å². The number of aryl methyl sites for hydroxylation is 1. The van der Waals surface area contributed by atoms with Crippen molar-refractivity contribution in [3.8, 4) is 5.69 Å². The Morgan fingerprint density at radius 3 is 2.82 bits per heavy atom. The summed E-state index contributed by atoms with van der Waals surface area (Å²) in [6, 6.07) is 5.76. The zero-order chi connectivity index (χ0) is 16.1. The fourth-order valence-corrected chi connectivity index (χ4v) is 2.05. The van der Waals surface area contributed by atoms with Gasteiger partial charge in [-0.1, -0.05) is 11.6 Å². The standard InChI is InChI=1S/C14H14ClFN4O2/c1-3-22-14(21)18-17-8-12-9(2)19-20(13(12)15)11-6-4-10(16)5-7-11/h4-8H,3H2,1-2H3,(H,18,21)/b17-8+. The lowest BCUT2D eigenvalue weighted by Gasteiger charge is -2.02. The first kappa shape index (κ1) is 16.0. The smallest absolute Gasteiger partial charge is 0.427 e. The lowest BCUT2D eigenvalue weighted by atomic mass is 10.3. The SMILES string of the molecule is CCOC(=O)N/N=C/c1c(C)nn(-c2ccc(F)cc2)c1Cl. The Morgan fingerprint density at radius 2 is 2.18 bits per heavy atom. The molecule has 0 saturated carbocycles. The van der Waals surface area contributed by atoms with Crippen molar-refractivity contribution in [3.63, 3.8) is 0 Å². The Morgan fingerprint density at radius 1 is 1.50 bits per heavy atom. The molecule has 0 aliphatic rings. The highest BCUT2D eigenvalue weighted by molar-refractivity contribution is 6.32. The summed E-state index contributed by atoms with van der Waals surface area (Å²) >= 11 is 6.25. The largest absolute Gasteiger partial charge is 0.449 e. The maximum atomic E-state index is 13.0. The Hall–Kier alpha value is -2.41. The highest BCUT2D eigenvalue weighted by atomic mass is 35.5. The maximum absolute atomic E-state index is 13.0. The lowest BCUT2D eigenvalue weighted by Crippen LogP contribution is -2.18. The van der Waals surface area contributed by atoms with Gasteiger partial charge in [0.05, 0.1) is 29.8 Å². The molecule has 1 aromatic carbocycles. The molecule has 0 radical (unpaired) electrons. The summed E-state index contributed by atoms with van der Waals surface area (Å²) in [7, 11) is 0. The van der Waals surface area contributed by atoms with Crippen molar-refractivity contribution >= 4 is 23.9 Å². The zero-order valence-corrected chi connectivity index (χ0v) is 12.8. The Bertz CT molecular complexity index is 698. The summed E-state index contributed by atoms with van der Waals surface area (Å²) in [6.45, 7) is 3.69. The molecule has 0 fully saturated rings. The van der Waals surface area contributed by atoms with Gasteiger partial charge in [-0.3, -0.25) is 0 Å². The van der Waals surface area contributed by atoms with Gasteiger partial charge in [0.15, 0.2) is 0 Å². The van der Waals surface area contributed by atoms with Crippen molar-refractivity contribution in [2.45, 2.75) is 13.8 Å². The third-order valence-electron chi connectivity index (χ3n) is 2.74. The molecule has 8 heteroatoms. The highest BCUT2D eigenvalue weighted by Crippen LogP contribution is 2.22. The average Bonchev–Trinajstić information content (AvgIpc) is 2.76. The van der Waals surface area contributed by atoms with Crippen LogP contribution in [0, 0.1) is 12.7 Å². The van der Waals surface area contributed by atoms with Crippen LogP contribution in [0.5, 0.6) is 0 Å². The number of hydrogen-bond acceptors (Lipinski definition) is 4. The van der Waals surface area contributed by atoms with Gasteiger partial charge in [-0.25, -0.2) is 19.3 Å². The molecule has 0 aliphatic heterocycles. The van der Waals surface area contributed by atoms with Gasteiger partial charge in [-0.15, -0.1) is 0 Å². The van der Waals surface area contributed by atoms with E-state index in [4.69, 9.17) is 11.6 Å². The van der Waals surface area contributed by atoms with E-state index in [1.165, 1.54) is 23.0 Å². The maximum Gasteiger partial charge on any atom is 0.427 e. The second-order valence-corrected chi connectivity index (χ2v) is 4.63. The van der Waals surface area contributed by atoms with Crippen LogP contribution in [0.25, 0.3) is 5.69 Å². The number of nitrogens with one attached hydrogen (secondary N) is 1. The van der Waals surface area contributed by atoms with E-state index in [0.717, 1.165) is 0 Å². The summed E-state index contributed by atoms with van der Waals surface area (Å²) in [5.41, 5.74) is 3.98. The summed E-state index contributed by atoms with van der Waals surface area (Å²) in [5.74, 6) is -0.343. The molecule has 1 N–H and O–H groups in total. The molecule has 22 heavy (non-hydrogen) atoms. The van der Waals surface area contributed by atoms with E-state index in [1.807, 2.05) is 0 Å². The average molecular weight is 325 g/mol. The molecule has 116 valence electrons. The van der Waals surface area contributed by atoms with E-state index in [-0.39, 0.29) is 12.4 Å². The van der Waals surface area contributed by atoms with Crippen molar-refractivity contribution in [1.29, 1.82) is 0 Å². The number of nitrogens with zero attached hydrogens (tertiary/aromatic N) is 3. The predicted molar refractivity (Wildman–Crippen MR) is 81.0 cm³/mol. The van der Waals surface area contributed by atoms with E-state index >= 15 is 0 Å². The Labute approximate surface area is 131 Å². The van der Waals surface area contributed by atoms with Crippen LogP contribution in [0.2, 0.25) is 5.15 Å². The minimum absolute atomic E-state index is 0.254. The fourth-order valence-electron chi connectivity index (χ4n) is 1.72. The number of rotatable bonds is 4. The molecular formula is C14H14ClFN4O2. The second kappa shape index (κ2) is 7.04. The topological polar surface area (TPSA) is 68.5 Å². The minimum Gasteiger partial charge on any atom is -0.449 e. The Balaban J connectivity index is 2.22. The molecule has 2 aromatic rings. The number of carbonyl (C=O) groups excluding carboxylic acids is 1. The van der Waals surface area contributed by atoms with E-state index in [9.17, 15) is 9.18 Å². The summed E-state index contributed by atoms with van der Waals surface area (Å²) in [6.07, 6.45) is 0.722. The first-order valence-electron chi connectivity index (χ1n) is 6.49. The predicted octanol–water partition coefficient (Wildman–Crippen LogP) is 3.05. The quantitative estimate of drug-likeness (QED) is 0.694. The van der Waals surface area contributed by atoms with Crippen LogP contribution < -0.4 is 5.43 Å². The van der Waals surface area contributed by atoms with Crippen molar-refractivity contribution < 1.29 is 13.9 Å². The van der Waals surface area contributed by atoms with Gasteiger partial charge in [-0.2, -0.15) is 10.2 Å². The van der Waals surface area contributed by atoms with Crippen LogP contribution in [-0.2, 0) is 4.74 Å². The molecule has 0 bridgehead atoms. The molecule has 0 spiro atoms. The molecule has 1 heterocycles. The number of halogens is 2. The molecule has 0 saturated heterocycles. The molecule has 0 aliphatic carbocycles. The number of hydrogen-bond donors (Lipinski definition) is 1. The first-order chi connectivity index (χ1) is 10.5. The van der Waals surface area contributed by atoms with Crippen molar-refractivity contribution in [1.82, 2.24) is 15.2 Å². The zero-order valence-electron chi connectivity index (χ0n) is 12.0. The van der Waals surface area contributed by atoms with Gasteiger partial charge in [0, 0.05) is 0 Å². The van der Waals surface area contributed by atoms with Crippen LogP contribution in [-0.4, -0.2) is 28.7 Å². The first-order valence-corrected chi connectivity index (χ1v) is 6.87. The number of ether oxygens (including phenoxy) is 1. The Kier molecular flexibility index (Phi) is 5.11. The summed E-state index contributed by atoms with van der Waals surface area (Å²) in [4.78, 5) is 11.1. The van der Waals surface area contributed by atoms with Crippen LogP contribution in [0.3, 0.4) is 0 Å². The van der Waals surface area contributed by atoms with Crippen LogP contribution in [0.15, 0.2) is 29.4 Å². The van der Waals surface area contributed by atoms with Crippen LogP contribution in [0.4, 0.5) is 9.18 Å². The number of carbonyl (C=O) groups is 1. The van der Waals surface area contributed by atoms with Gasteiger partial charge < -0.3 is 4.74 Å². The fraction of sp³-hybridized carbons (Fsp3) is 0.214. The monoisotopic (exact) mass is 324 g/mol. The van der Waals surface area contributed by atoms with Crippen molar-refractivity contribution in [2.24, 2.45) is 5.10 Å². The lowest BCUT2D eigenvalue weighted by molar-refractivity contribution is 0.152. The molecule has 0 unspecified atom stereocenters. The third kappa shape index (κ3) is 3.62. The van der Waals surface area contributed by atoms with Crippen molar-refractivity contribution in [3.05, 3.63) is 46.5 Å². The summed E-state index contributed by atoms with van der Waals surface area (Å²) in [5, 5.41) is 8.33. The number of aromatic nitrogens is 2. The van der Waals surface area contributed by atoms with Crippen LogP contribution in [0.1, 0.15) is 18.2 Å². The van der Waals surface area contributed by atoms with Gasteiger partial charge in [-0.05, 0) is 38.1 Å². The van der Waals surface area contributed by atoms with Gasteiger partial charge in [0.2, 0.25) is 0 Å². The van der Waals surface area contributed by atoms with Crippen LogP contribution >= 0.6 is 11.6 Å². The van der Waals surface area contributed by atoms with E-state index in [0.29, 0.717) is 22.1 Å². The molecule has 6 nitrogen and oxygen atoms in total. The van der Waals surface area contributed by atoms with Gasteiger partial charge in [0.1, 0.15) is 11.0 Å². The molecular weight excluding hydrogens is 311 g/mol.